The Balaban J connectivity index is 2.47. The van der Waals surface area contributed by atoms with E-state index in [4.69, 9.17) is 13.5 Å². The minimum Gasteiger partial charge on any atom is -0.468 e. The van der Waals surface area contributed by atoms with E-state index in [1.165, 1.54) is 24.1 Å². The number of nitrogens with zero attached hydrogens (tertiary/aromatic N) is 1. The van der Waals surface area contributed by atoms with Crippen molar-refractivity contribution < 1.29 is 22.8 Å². The van der Waals surface area contributed by atoms with Crippen LogP contribution in [0, 0.1) is 0 Å². The Hall–Kier alpha value is -0.840. The zero-order valence-electron chi connectivity index (χ0n) is 11.3. The Morgan fingerprint density at radius 1 is 1.50 bits per heavy atom. The van der Waals surface area contributed by atoms with Crippen molar-refractivity contribution in [1.82, 2.24) is 0 Å². The second-order valence-electron chi connectivity index (χ2n) is 4.04. The van der Waals surface area contributed by atoms with Crippen LogP contribution in [-0.4, -0.2) is 24.7 Å². The molecule has 0 saturated heterocycles. The summed E-state index contributed by atoms with van der Waals surface area (Å²) in [7, 11) is -3.43. The van der Waals surface area contributed by atoms with Gasteiger partial charge < -0.3 is 13.5 Å². The molecule has 0 fully saturated rings. The topological polar surface area (TPSA) is 78.1 Å². The lowest BCUT2D eigenvalue weighted by atomic mass is 10.2. The third kappa shape index (κ3) is 2.92. The number of aliphatic imine (C=N–C) groups is 1. The van der Waals surface area contributed by atoms with Crippen LogP contribution in [-0.2, 0) is 24.2 Å². The summed E-state index contributed by atoms with van der Waals surface area (Å²) in [6.07, 6.45) is 3.07. The first kappa shape index (κ1) is 15.5. The number of furan rings is 1. The first-order valence-electron chi connectivity index (χ1n) is 6.30. The van der Waals surface area contributed by atoms with E-state index in [9.17, 15) is 9.36 Å². The van der Waals surface area contributed by atoms with Crippen LogP contribution in [0.5, 0.6) is 0 Å². The van der Waals surface area contributed by atoms with Crippen LogP contribution in [0.15, 0.2) is 21.7 Å². The van der Waals surface area contributed by atoms with Crippen molar-refractivity contribution >= 4 is 25.4 Å². The number of thioether (sulfide) groups is 1. The van der Waals surface area contributed by atoms with Gasteiger partial charge in [-0.3, -0.25) is 4.57 Å². The molecule has 0 spiro atoms. The van der Waals surface area contributed by atoms with Gasteiger partial charge in [0.05, 0.1) is 25.2 Å². The SMILES string of the molecule is CCOP(=O)(OCC)C1c2ccoc2CSC1N=C=O. The molecule has 0 bridgehead atoms. The monoisotopic (exact) mass is 317 g/mol. The predicted octanol–water partition coefficient (Wildman–Crippen LogP) is 3.50. The summed E-state index contributed by atoms with van der Waals surface area (Å²) in [5.41, 5.74) is 0.0920. The number of rotatable bonds is 6. The number of carbonyl (C=O) groups excluding carboxylic acids is 1. The van der Waals surface area contributed by atoms with Crippen LogP contribution in [0.4, 0.5) is 0 Å². The van der Waals surface area contributed by atoms with E-state index in [-0.39, 0.29) is 13.2 Å². The average Bonchev–Trinajstić information content (AvgIpc) is 2.87. The fraction of sp³-hybridized carbons (Fsp3) is 0.583. The van der Waals surface area contributed by atoms with Crippen LogP contribution >= 0.6 is 19.4 Å². The highest BCUT2D eigenvalue weighted by Crippen LogP contribution is 2.66. The van der Waals surface area contributed by atoms with Crippen molar-refractivity contribution in [2.75, 3.05) is 13.2 Å². The molecule has 0 amide bonds. The Morgan fingerprint density at radius 3 is 2.80 bits per heavy atom. The highest BCUT2D eigenvalue weighted by atomic mass is 32.2. The lowest BCUT2D eigenvalue weighted by Gasteiger charge is -2.32. The quantitative estimate of drug-likeness (QED) is 0.454. The van der Waals surface area contributed by atoms with E-state index in [1.807, 2.05) is 0 Å². The fourth-order valence-electron chi connectivity index (χ4n) is 2.18. The first-order chi connectivity index (χ1) is 9.66. The molecule has 20 heavy (non-hydrogen) atoms. The molecule has 0 N–H and O–H groups in total. The molecule has 1 aromatic heterocycles. The maximum absolute atomic E-state index is 13.0. The molecule has 0 aromatic carbocycles. The van der Waals surface area contributed by atoms with Crippen molar-refractivity contribution in [1.29, 1.82) is 0 Å². The first-order valence-corrected chi connectivity index (χ1v) is 8.96. The van der Waals surface area contributed by atoms with Gasteiger partial charge in [0.2, 0.25) is 6.08 Å². The van der Waals surface area contributed by atoms with Crippen molar-refractivity contribution in [3.63, 3.8) is 0 Å². The van der Waals surface area contributed by atoms with Gasteiger partial charge in [0.1, 0.15) is 16.8 Å². The standard InChI is InChI=1S/C12H16NO5PS/c1-3-17-19(15,18-4-2)11-9-5-6-16-10(9)7-20-12(11)13-8-14/h5-6,11-12H,3-4,7H2,1-2H3. The highest BCUT2D eigenvalue weighted by molar-refractivity contribution is 7.99. The largest absolute Gasteiger partial charge is 0.468 e. The van der Waals surface area contributed by atoms with Crippen molar-refractivity contribution in [3.8, 4) is 0 Å². The smallest absolute Gasteiger partial charge is 0.341 e. The van der Waals surface area contributed by atoms with Gasteiger partial charge in [-0.2, -0.15) is 4.99 Å². The Morgan fingerprint density at radius 2 is 2.20 bits per heavy atom. The number of isocyanates is 1. The molecule has 0 saturated carbocycles. The van der Waals surface area contributed by atoms with Gasteiger partial charge in [-0.15, -0.1) is 11.8 Å². The maximum atomic E-state index is 13.0. The molecule has 8 heteroatoms. The summed E-state index contributed by atoms with van der Waals surface area (Å²) in [5, 5.41) is -0.540. The molecule has 1 aliphatic heterocycles. The van der Waals surface area contributed by atoms with E-state index in [0.717, 1.165) is 11.3 Å². The van der Waals surface area contributed by atoms with Gasteiger partial charge in [0, 0.05) is 5.56 Å². The van der Waals surface area contributed by atoms with Crippen LogP contribution in [0.25, 0.3) is 0 Å². The van der Waals surface area contributed by atoms with E-state index < -0.39 is 18.6 Å². The molecule has 0 aliphatic carbocycles. The molecule has 6 nitrogen and oxygen atoms in total. The van der Waals surface area contributed by atoms with E-state index >= 15 is 0 Å². The van der Waals surface area contributed by atoms with Crippen LogP contribution in [0.1, 0.15) is 30.8 Å². The second-order valence-corrected chi connectivity index (χ2v) is 7.30. The maximum Gasteiger partial charge on any atom is 0.341 e. The molecule has 1 aliphatic rings. The molecule has 2 atom stereocenters. The molecule has 2 heterocycles. The second kappa shape index (κ2) is 6.74. The van der Waals surface area contributed by atoms with E-state index in [1.54, 1.807) is 19.9 Å². The van der Waals surface area contributed by atoms with Gasteiger partial charge in [0.15, 0.2) is 0 Å². The lowest BCUT2D eigenvalue weighted by Crippen LogP contribution is -2.21. The van der Waals surface area contributed by atoms with Gasteiger partial charge >= 0.3 is 7.60 Å². The average molecular weight is 317 g/mol. The predicted molar refractivity (Wildman–Crippen MR) is 75.5 cm³/mol. The highest BCUT2D eigenvalue weighted by Gasteiger charge is 2.47. The summed E-state index contributed by atoms with van der Waals surface area (Å²) >= 11 is 1.37. The Bertz CT molecular complexity index is 544. The molecule has 2 rings (SSSR count). The number of fused-ring (bicyclic) bond motifs is 1. The zero-order chi connectivity index (χ0) is 14.6. The van der Waals surface area contributed by atoms with Gasteiger partial charge in [-0.05, 0) is 19.9 Å². The molecular weight excluding hydrogens is 301 g/mol. The van der Waals surface area contributed by atoms with Crippen LogP contribution < -0.4 is 0 Å². The molecule has 0 radical (unpaired) electrons. The molecular formula is C12H16NO5PS. The Labute approximate surface area is 121 Å². The number of hydrogen-bond acceptors (Lipinski definition) is 7. The summed E-state index contributed by atoms with van der Waals surface area (Å²) < 4.78 is 29.2. The zero-order valence-corrected chi connectivity index (χ0v) is 13.0. The molecule has 1 aromatic rings. The van der Waals surface area contributed by atoms with Gasteiger partial charge in [-0.25, -0.2) is 4.79 Å². The van der Waals surface area contributed by atoms with Crippen molar-refractivity contribution in [2.45, 2.75) is 30.6 Å². The van der Waals surface area contributed by atoms with Gasteiger partial charge in [-0.1, -0.05) is 0 Å². The van der Waals surface area contributed by atoms with E-state index in [0.29, 0.717) is 5.75 Å². The Kier molecular flexibility index (Phi) is 5.24. The minimum absolute atomic E-state index is 0.253. The third-order valence-electron chi connectivity index (χ3n) is 2.89. The van der Waals surface area contributed by atoms with Crippen molar-refractivity contribution in [3.05, 3.63) is 23.7 Å². The lowest BCUT2D eigenvalue weighted by molar-refractivity contribution is 0.211. The fourth-order valence-corrected chi connectivity index (χ4v) is 5.96. The van der Waals surface area contributed by atoms with Crippen molar-refractivity contribution in [2.24, 2.45) is 4.99 Å². The third-order valence-corrected chi connectivity index (χ3v) is 6.72. The molecule has 110 valence electrons. The summed E-state index contributed by atoms with van der Waals surface area (Å²) in [4.78, 5) is 14.4. The summed E-state index contributed by atoms with van der Waals surface area (Å²) in [6, 6.07) is 1.73. The minimum atomic E-state index is -3.43. The van der Waals surface area contributed by atoms with Crippen LogP contribution in [0.3, 0.4) is 0 Å². The van der Waals surface area contributed by atoms with Gasteiger partial charge in [0.25, 0.3) is 0 Å². The van der Waals surface area contributed by atoms with E-state index in [2.05, 4.69) is 4.99 Å². The summed E-state index contributed by atoms with van der Waals surface area (Å²) in [5.74, 6) is 1.28. The molecule has 2 unspecified atom stereocenters. The summed E-state index contributed by atoms with van der Waals surface area (Å²) in [6.45, 7) is 4.00. The number of hydrogen-bond donors (Lipinski definition) is 0. The van der Waals surface area contributed by atoms with Crippen LogP contribution in [0.2, 0.25) is 0 Å². The normalized spacial score (nSPS) is 22.1.